The van der Waals surface area contributed by atoms with Crippen LogP contribution in [0.3, 0.4) is 0 Å². The van der Waals surface area contributed by atoms with E-state index in [9.17, 15) is 0 Å². The number of nitrogens with zero attached hydrogens (tertiary/aromatic N) is 4. The summed E-state index contributed by atoms with van der Waals surface area (Å²) in [6, 6.07) is 65.6. The number of nitrogens with one attached hydrogen (secondary N) is 4. The monoisotopic (exact) mass is 1040 g/mol. The van der Waals surface area contributed by atoms with Gasteiger partial charge in [0.15, 0.2) is 0 Å². The molecule has 0 unspecified atom stereocenters. The van der Waals surface area contributed by atoms with Crippen LogP contribution in [0.25, 0.3) is 136 Å². The van der Waals surface area contributed by atoms with Crippen LogP contribution in [-0.4, -0.2) is 51.4 Å². The molecule has 4 N–H and O–H groups in total. The highest BCUT2D eigenvalue weighted by molar-refractivity contribution is 8.08. The molecule has 0 atom stereocenters. The fourth-order valence-corrected chi connectivity index (χ4v) is 12.3. The first-order chi connectivity index (χ1) is 38.6. The molecule has 0 fully saturated rings. The van der Waals surface area contributed by atoms with Gasteiger partial charge >= 0.3 is 0 Å². The van der Waals surface area contributed by atoms with Gasteiger partial charge in [-0.15, -0.1) is 23.5 Å². The Labute approximate surface area is 458 Å². The highest BCUT2D eigenvalue weighted by Crippen LogP contribution is 2.41. The minimum Gasteiger partial charge on any atom is -0.355 e. The lowest BCUT2D eigenvalue weighted by atomic mass is 10.0. The van der Waals surface area contributed by atoms with E-state index in [-0.39, 0.29) is 0 Å². The molecule has 0 aliphatic carbocycles. The van der Waals surface area contributed by atoms with Crippen LogP contribution in [0.5, 0.6) is 0 Å². The molecule has 372 valence electrons. The quantitative estimate of drug-likeness (QED) is 0.0801. The van der Waals surface area contributed by atoms with Gasteiger partial charge in [0.05, 0.1) is 51.1 Å². The number of thioether (sulfide) groups is 2. The molecule has 0 spiro atoms. The third kappa shape index (κ3) is 9.48. The van der Waals surface area contributed by atoms with Crippen molar-refractivity contribution in [3.8, 4) is 44.5 Å². The number of H-pyrrole nitrogens is 4. The molecule has 0 saturated heterocycles. The second kappa shape index (κ2) is 20.6. The maximum Gasteiger partial charge on any atom is 0.0872 e. The molecule has 16 bridgehead atoms. The zero-order chi connectivity index (χ0) is 51.8. The highest BCUT2D eigenvalue weighted by Gasteiger charge is 2.20. The molecule has 4 aliphatic rings. The molecule has 8 nitrogen and oxygen atoms in total. The van der Waals surface area contributed by atoms with E-state index in [1.54, 1.807) is 11.8 Å². The molecule has 4 aromatic carbocycles. The van der Waals surface area contributed by atoms with Gasteiger partial charge in [-0.1, -0.05) is 133 Å². The Morgan fingerprint density at radius 3 is 1.26 bits per heavy atom. The normalized spacial score (nSPS) is 12.7. The molecule has 10 heteroatoms. The molecule has 0 radical (unpaired) electrons. The fourth-order valence-electron chi connectivity index (χ4n) is 10.5. The van der Waals surface area contributed by atoms with E-state index in [0.717, 1.165) is 155 Å². The lowest BCUT2D eigenvalue weighted by Crippen LogP contribution is -1.89. The van der Waals surface area contributed by atoms with Crippen LogP contribution in [0, 0.1) is 0 Å². The van der Waals surface area contributed by atoms with E-state index in [0.29, 0.717) is 0 Å². The highest BCUT2D eigenvalue weighted by atomic mass is 32.2. The number of rotatable bonds is 10. The van der Waals surface area contributed by atoms with Gasteiger partial charge in [0.2, 0.25) is 0 Å². The molecule has 14 rings (SSSR count). The maximum absolute atomic E-state index is 5.42. The summed E-state index contributed by atoms with van der Waals surface area (Å²) in [4.78, 5) is 38.2. The van der Waals surface area contributed by atoms with Crippen LogP contribution in [-0.2, 0) is 0 Å². The second-order valence-corrected chi connectivity index (χ2v) is 21.4. The number of aromatic amines is 4. The van der Waals surface area contributed by atoms with Crippen molar-refractivity contribution in [2.24, 2.45) is 0 Å². The Hall–Kier alpha value is -9.48. The van der Waals surface area contributed by atoms with E-state index in [2.05, 4.69) is 251 Å². The lowest BCUT2D eigenvalue weighted by molar-refractivity contribution is 1.31. The van der Waals surface area contributed by atoms with Crippen LogP contribution >= 0.6 is 23.5 Å². The first kappa shape index (κ1) is 47.0. The van der Waals surface area contributed by atoms with Crippen LogP contribution in [0.1, 0.15) is 45.6 Å². The molecule has 6 aromatic heterocycles. The summed E-state index contributed by atoms with van der Waals surface area (Å²) in [5.41, 5.74) is 23.6. The zero-order valence-electron chi connectivity index (χ0n) is 42.1. The first-order valence-electron chi connectivity index (χ1n) is 26.0. The van der Waals surface area contributed by atoms with Crippen LogP contribution < -0.4 is 0 Å². The Kier molecular flexibility index (Phi) is 12.4. The second-order valence-electron chi connectivity index (χ2n) is 19.2. The number of aromatic nitrogens is 8. The molecule has 10 aromatic rings. The molecule has 78 heavy (non-hydrogen) atoms. The Morgan fingerprint density at radius 2 is 0.756 bits per heavy atom. The van der Waals surface area contributed by atoms with Gasteiger partial charge in [0.1, 0.15) is 0 Å². The lowest BCUT2D eigenvalue weighted by Gasteiger charge is -2.08. The maximum atomic E-state index is 5.42. The van der Waals surface area contributed by atoms with Gasteiger partial charge in [0, 0.05) is 82.2 Å². The van der Waals surface area contributed by atoms with Crippen molar-refractivity contribution in [2.75, 3.05) is 11.5 Å². The van der Waals surface area contributed by atoms with Crippen molar-refractivity contribution in [1.29, 1.82) is 0 Å². The number of fused-ring (bicyclic) bond motifs is 16. The average Bonchev–Trinajstić information content (AvgIpc) is 4.38. The third-order valence-corrected chi connectivity index (χ3v) is 16.0. The van der Waals surface area contributed by atoms with Crippen molar-refractivity contribution < 1.29 is 0 Å². The average molecular weight is 1040 g/mol. The number of benzene rings is 4. The molecular formula is C68H48N8S2. The van der Waals surface area contributed by atoms with Gasteiger partial charge in [0.25, 0.3) is 0 Å². The number of hydrogen-bond donors (Lipinski definition) is 4. The van der Waals surface area contributed by atoms with Gasteiger partial charge in [-0.05, 0) is 132 Å². The van der Waals surface area contributed by atoms with E-state index >= 15 is 0 Å². The summed E-state index contributed by atoms with van der Waals surface area (Å²) in [6.07, 6.45) is 19.4. The van der Waals surface area contributed by atoms with Crippen molar-refractivity contribution >= 4 is 115 Å². The predicted molar refractivity (Wildman–Crippen MR) is 331 cm³/mol. The number of hydrogen-bond acceptors (Lipinski definition) is 6. The standard InChI is InChI=1S/C68H48N8S2/c1-5-15-43(16-6-1)63-55-29-23-47(69-55)37-49-27-33-59(73-49)65(45-19-9-3-10-20-45)67-61(41-53(75-67)39-51-25-31-57(63)71-51)77-35-13-14-36-78-62-42-54-40-52-26-32-58(72-52)64(44-17-7-2-8-18-44)56-30-24-48(70-56)38-50-28-34-60(74-50)66(68(62)76-54)46-21-11-4-12-22-46/h1-34,37-42,69,72,74-75H,35-36H2/b14-13+,47-37?,48-38?,49-37?,50-38?,51-39?,52-40?,53-39?,54-40?,63-55?,63-57?,64-56?,64-58?,65-59?,66-60?,67-65?,68-66?. The predicted octanol–water partition coefficient (Wildman–Crippen LogP) is 17.7. The molecule has 0 amide bonds. The van der Waals surface area contributed by atoms with Gasteiger partial charge < -0.3 is 19.9 Å². The summed E-state index contributed by atoms with van der Waals surface area (Å²) in [6.45, 7) is 0. The van der Waals surface area contributed by atoms with E-state index in [1.807, 2.05) is 23.9 Å². The van der Waals surface area contributed by atoms with E-state index in [4.69, 9.17) is 19.9 Å². The molecular weight excluding hydrogens is 993 g/mol. The van der Waals surface area contributed by atoms with Crippen molar-refractivity contribution in [3.63, 3.8) is 0 Å². The zero-order valence-corrected chi connectivity index (χ0v) is 43.7. The van der Waals surface area contributed by atoms with Crippen LogP contribution in [0.2, 0.25) is 0 Å². The van der Waals surface area contributed by atoms with Crippen molar-refractivity contribution in [1.82, 2.24) is 39.9 Å². The topological polar surface area (TPSA) is 115 Å². The Bertz CT molecular complexity index is 4480. The van der Waals surface area contributed by atoms with Gasteiger partial charge in [-0.2, -0.15) is 0 Å². The first-order valence-corrected chi connectivity index (χ1v) is 28.0. The smallest absolute Gasteiger partial charge is 0.0872 e. The molecule has 10 heterocycles. The summed E-state index contributed by atoms with van der Waals surface area (Å²) in [5, 5.41) is 0. The van der Waals surface area contributed by atoms with Crippen LogP contribution in [0.15, 0.2) is 205 Å². The Balaban J connectivity index is 0.828. The summed E-state index contributed by atoms with van der Waals surface area (Å²) >= 11 is 3.61. The largest absolute Gasteiger partial charge is 0.355 e. The van der Waals surface area contributed by atoms with Crippen molar-refractivity contribution in [2.45, 2.75) is 4.90 Å². The van der Waals surface area contributed by atoms with Crippen LogP contribution in [0.4, 0.5) is 0 Å². The van der Waals surface area contributed by atoms with Gasteiger partial charge in [-0.3, -0.25) is 0 Å². The minimum absolute atomic E-state index is 0.754. The van der Waals surface area contributed by atoms with Gasteiger partial charge in [-0.25, -0.2) is 19.9 Å². The van der Waals surface area contributed by atoms with E-state index < -0.39 is 0 Å². The summed E-state index contributed by atoms with van der Waals surface area (Å²) < 4.78 is 0. The Morgan fingerprint density at radius 1 is 0.346 bits per heavy atom. The van der Waals surface area contributed by atoms with E-state index in [1.165, 1.54) is 0 Å². The SMILES string of the molecule is C1=Cc2nc1cc1cc(SC/C=C/CSC3=Cc4cc5ccc([nH]5)c(-c5ccccc5)c5nc(cc6ccc([nH]6)c(-c6ccccc6)c3n4)C=C5)c([nH]1)c(-c1ccccc1)c1nc(cc3ccc([nH]3)c2-c2ccccc2)C=C1. The third-order valence-electron chi connectivity index (χ3n) is 14.0. The molecule has 0 saturated carbocycles. The van der Waals surface area contributed by atoms with Crippen molar-refractivity contribution in [3.05, 3.63) is 246 Å². The summed E-state index contributed by atoms with van der Waals surface area (Å²) in [5.74, 6) is 1.51. The molecule has 4 aliphatic heterocycles. The minimum atomic E-state index is 0.754. The fraction of sp³-hybridized carbons (Fsp3) is 0.0294. The summed E-state index contributed by atoms with van der Waals surface area (Å²) in [7, 11) is 0.